The van der Waals surface area contributed by atoms with Crippen LogP contribution in [0.1, 0.15) is 12.5 Å². The van der Waals surface area contributed by atoms with Gasteiger partial charge in [0.15, 0.2) is 0 Å². The van der Waals surface area contributed by atoms with Gasteiger partial charge in [-0.25, -0.2) is 4.98 Å². The average molecular weight is 376 g/mol. The number of anilines is 1. The van der Waals surface area contributed by atoms with E-state index in [0.29, 0.717) is 10.7 Å². The van der Waals surface area contributed by atoms with Gasteiger partial charge in [0.05, 0.1) is 15.8 Å². The molecule has 1 heterocycles. The number of hydrogen-bond acceptors (Lipinski definition) is 3. The maximum absolute atomic E-state index is 12.6. The Labute approximate surface area is 152 Å². The predicted octanol–water partition coefficient (Wildman–Crippen LogP) is 5.37. The molecule has 0 aliphatic carbocycles. The van der Waals surface area contributed by atoms with Crippen molar-refractivity contribution in [3.63, 3.8) is 0 Å². The number of benzene rings is 2. The van der Waals surface area contributed by atoms with Crippen molar-refractivity contribution in [3.8, 4) is 0 Å². The molecular formula is C19H15F3N2OS. The second kappa shape index (κ2) is 7.37. The number of amides is 1. The van der Waals surface area contributed by atoms with Crippen LogP contribution in [0.25, 0.3) is 10.8 Å². The molecule has 26 heavy (non-hydrogen) atoms. The fourth-order valence-corrected chi connectivity index (χ4v) is 3.21. The molecule has 1 amide bonds. The lowest BCUT2D eigenvalue weighted by Gasteiger charge is -2.13. The lowest BCUT2D eigenvalue weighted by atomic mass is 10.1. The minimum atomic E-state index is -4.42. The highest BCUT2D eigenvalue weighted by molar-refractivity contribution is 8.00. The SMILES string of the molecule is CC(Sc1ccc(C(F)(F)F)cn1)C(=O)Nc1cccc2ccccc12. The van der Waals surface area contributed by atoms with Crippen LogP contribution < -0.4 is 5.32 Å². The van der Waals surface area contributed by atoms with Crippen molar-refractivity contribution in [2.24, 2.45) is 0 Å². The number of fused-ring (bicyclic) bond motifs is 1. The maximum Gasteiger partial charge on any atom is 0.417 e. The summed E-state index contributed by atoms with van der Waals surface area (Å²) in [5.74, 6) is -0.243. The van der Waals surface area contributed by atoms with Crippen LogP contribution in [0.4, 0.5) is 18.9 Å². The molecule has 1 N–H and O–H groups in total. The van der Waals surface area contributed by atoms with E-state index in [1.165, 1.54) is 6.07 Å². The van der Waals surface area contributed by atoms with Crippen LogP contribution in [-0.2, 0) is 11.0 Å². The lowest BCUT2D eigenvalue weighted by Crippen LogP contribution is -2.22. The van der Waals surface area contributed by atoms with Gasteiger partial charge in [-0.15, -0.1) is 0 Å². The summed E-state index contributed by atoms with van der Waals surface area (Å²) < 4.78 is 37.7. The molecular weight excluding hydrogens is 361 g/mol. The van der Waals surface area contributed by atoms with E-state index in [0.717, 1.165) is 34.8 Å². The topological polar surface area (TPSA) is 42.0 Å². The van der Waals surface area contributed by atoms with E-state index in [2.05, 4.69) is 10.3 Å². The van der Waals surface area contributed by atoms with Crippen LogP contribution in [0.2, 0.25) is 0 Å². The summed E-state index contributed by atoms with van der Waals surface area (Å²) in [6.45, 7) is 1.69. The number of aromatic nitrogens is 1. The molecule has 2 aromatic carbocycles. The molecule has 0 bridgehead atoms. The molecule has 3 nitrogen and oxygen atoms in total. The van der Waals surface area contributed by atoms with Gasteiger partial charge in [0, 0.05) is 17.3 Å². The normalized spacial score (nSPS) is 12.8. The van der Waals surface area contributed by atoms with Crippen molar-refractivity contribution in [2.45, 2.75) is 23.4 Å². The second-order valence-corrected chi connectivity index (χ2v) is 7.02. The zero-order valence-corrected chi connectivity index (χ0v) is 14.6. The summed E-state index contributed by atoms with van der Waals surface area (Å²) in [5.41, 5.74) is -0.115. The summed E-state index contributed by atoms with van der Waals surface area (Å²) in [6.07, 6.45) is -3.65. The molecule has 0 aliphatic heterocycles. The number of alkyl halides is 3. The Hall–Kier alpha value is -2.54. The zero-order chi connectivity index (χ0) is 18.7. The summed E-state index contributed by atoms with van der Waals surface area (Å²) >= 11 is 1.11. The molecule has 0 radical (unpaired) electrons. The van der Waals surface area contributed by atoms with Gasteiger partial charge >= 0.3 is 6.18 Å². The number of nitrogens with one attached hydrogen (secondary N) is 1. The first kappa shape index (κ1) is 18.3. The van der Waals surface area contributed by atoms with Gasteiger partial charge in [-0.2, -0.15) is 13.2 Å². The maximum atomic E-state index is 12.6. The van der Waals surface area contributed by atoms with E-state index >= 15 is 0 Å². The monoisotopic (exact) mass is 376 g/mol. The minimum absolute atomic E-state index is 0.243. The molecule has 0 saturated carbocycles. The fraction of sp³-hybridized carbons (Fsp3) is 0.158. The van der Waals surface area contributed by atoms with Gasteiger partial charge in [-0.3, -0.25) is 4.79 Å². The van der Waals surface area contributed by atoms with E-state index in [1.54, 1.807) is 6.92 Å². The number of thioether (sulfide) groups is 1. The molecule has 3 aromatic rings. The van der Waals surface area contributed by atoms with E-state index < -0.39 is 17.0 Å². The van der Waals surface area contributed by atoms with Crippen LogP contribution in [0, 0.1) is 0 Å². The third-order valence-corrected chi connectivity index (χ3v) is 4.83. The Kier molecular flexibility index (Phi) is 5.18. The van der Waals surface area contributed by atoms with Crippen LogP contribution in [0.5, 0.6) is 0 Å². The molecule has 0 spiro atoms. The van der Waals surface area contributed by atoms with Gasteiger partial charge in [-0.05, 0) is 30.5 Å². The summed E-state index contributed by atoms with van der Waals surface area (Å²) in [7, 11) is 0. The van der Waals surface area contributed by atoms with Gasteiger partial charge in [0.2, 0.25) is 5.91 Å². The highest BCUT2D eigenvalue weighted by Crippen LogP contribution is 2.31. The number of halogens is 3. The Morgan fingerprint density at radius 2 is 1.81 bits per heavy atom. The lowest BCUT2D eigenvalue weighted by molar-refractivity contribution is -0.137. The number of carbonyl (C=O) groups is 1. The number of pyridine rings is 1. The molecule has 7 heteroatoms. The van der Waals surface area contributed by atoms with Crippen molar-refractivity contribution in [3.05, 3.63) is 66.4 Å². The fourth-order valence-electron chi connectivity index (χ4n) is 2.42. The standard InChI is InChI=1S/C19H15F3N2OS/c1-12(26-17-10-9-14(11-23-17)19(20,21)22)18(25)24-16-8-4-6-13-5-2-3-7-15(13)16/h2-12H,1H3,(H,24,25). The highest BCUT2D eigenvalue weighted by atomic mass is 32.2. The molecule has 0 aliphatic rings. The van der Waals surface area contributed by atoms with Crippen molar-refractivity contribution in [1.82, 2.24) is 4.98 Å². The first-order valence-corrected chi connectivity index (χ1v) is 8.71. The molecule has 0 saturated heterocycles. The van der Waals surface area contributed by atoms with Crippen LogP contribution >= 0.6 is 11.8 Å². The van der Waals surface area contributed by atoms with Crippen molar-refractivity contribution in [1.29, 1.82) is 0 Å². The van der Waals surface area contributed by atoms with Crippen molar-refractivity contribution >= 4 is 34.1 Å². The summed E-state index contributed by atoms with van der Waals surface area (Å²) in [5, 5.41) is 4.65. The van der Waals surface area contributed by atoms with Crippen LogP contribution in [-0.4, -0.2) is 16.1 Å². The molecule has 1 aromatic heterocycles. The van der Waals surface area contributed by atoms with Gasteiger partial charge < -0.3 is 5.32 Å². The first-order chi connectivity index (χ1) is 12.3. The van der Waals surface area contributed by atoms with E-state index in [9.17, 15) is 18.0 Å². The third-order valence-electron chi connectivity index (χ3n) is 3.78. The van der Waals surface area contributed by atoms with Gasteiger partial charge in [0.1, 0.15) is 0 Å². The van der Waals surface area contributed by atoms with Crippen molar-refractivity contribution in [2.75, 3.05) is 5.32 Å². The smallest absolute Gasteiger partial charge is 0.325 e. The van der Waals surface area contributed by atoms with E-state index in [1.807, 2.05) is 42.5 Å². The Morgan fingerprint density at radius 1 is 1.08 bits per heavy atom. The Balaban J connectivity index is 1.70. The second-order valence-electron chi connectivity index (χ2n) is 5.66. The number of hydrogen-bond donors (Lipinski definition) is 1. The van der Waals surface area contributed by atoms with Crippen molar-refractivity contribution < 1.29 is 18.0 Å². The highest BCUT2D eigenvalue weighted by Gasteiger charge is 2.30. The quantitative estimate of drug-likeness (QED) is 0.622. The summed E-state index contributed by atoms with van der Waals surface area (Å²) in [4.78, 5) is 16.2. The predicted molar refractivity (Wildman–Crippen MR) is 97.1 cm³/mol. The molecule has 0 fully saturated rings. The molecule has 134 valence electrons. The van der Waals surface area contributed by atoms with E-state index in [-0.39, 0.29) is 5.91 Å². The Morgan fingerprint density at radius 3 is 2.50 bits per heavy atom. The van der Waals surface area contributed by atoms with Gasteiger partial charge in [0.25, 0.3) is 0 Å². The summed E-state index contributed by atoms with van der Waals surface area (Å²) in [6, 6.07) is 15.5. The number of nitrogens with zero attached hydrogens (tertiary/aromatic N) is 1. The molecule has 3 rings (SSSR count). The Bertz CT molecular complexity index is 921. The largest absolute Gasteiger partial charge is 0.417 e. The third kappa shape index (κ3) is 4.16. The number of carbonyl (C=O) groups excluding carboxylic acids is 1. The van der Waals surface area contributed by atoms with Gasteiger partial charge in [-0.1, -0.05) is 48.2 Å². The minimum Gasteiger partial charge on any atom is -0.325 e. The zero-order valence-electron chi connectivity index (χ0n) is 13.7. The van der Waals surface area contributed by atoms with Crippen LogP contribution in [0.15, 0.2) is 65.8 Å². The average Bonchev–Trinajstić information content (AvgIpc) is 2.61. The van der Waals surface area contributed by atoms with E-state index in [4.69, 9.17) is 0 Å². The number of rotatable bonds is 4. The first-order valence-electron chi connectivity index (χ1n) is 7.83. The molecule has 1 unspecified atom stereocenters. The molecule has 1 atom stereocenters. The van der Waals surface area contributed by atoms with Crippen LogP contribution in [0.3, 0.4) is 0 Å².